The lowest BCUT2D eigenvalue weighted by atomic mass is 10.2. The van der Waals surface area contributed by atoms with E-state index in [4.69, 9.17) is 0 Å². The average molecular weight is 280 g/mol. The van der Waals surface area contributed by atoms with Gasteiger partial charge in [0.05, 0.1) is 6.26 Å². The molecule has 1 aromatic carbocycles. The topological polar surface area (TPSA) is 43.4 Å². The molecule has 3 nitrogen and oxygen atoms in total. The fraction of sp³-hybridized carbons (Fsp3) is 0.273. The van der Waals surface area contributed by atoms with Crippen molar-refractivity contribution in [3.05, 3.63) is 42.0 Å². The Morgan fingerprint density at radius 3 is 2.22 bits per heavy atom. The molecule has 1 rings (SSSR count). The molecule has 1 unspecified atom stereocenters. The minimum atomic E-state index is -4.78. The molecule has 0 N–H and O–H groups in total. The van der Waals surface area contributed by atoms with Gasteiger partial charge in [-0.05, 0) is 11.6 Å². The van der Waals surface area contributed by atoms with Crippen LogP contribution in [0.15, 0.2) is 36.4 Å². The molecule has 7 heteroatoms. The van der Waals surface area contributed by atoms with E-state index in [1.165, 1.54) is 0 Å². The van der Waals surface area contributed by atoms with Gasteiger partial charge in [-0.25, -0.2) is 0 Å². The van der Waals surface area contributed by atoms with Crippen LogP contribution in [-0.4, -0.2) is 27.0 Å². The highest BCUT2D eigenvalue weighted by Crippen LogP contribution is 2.25. The second-order valence-corrected chi connectivity index (χ2v) is 5.13. The second kappa shape index (κ2) is 5.53. The molecule has 0 heterocycles. The highest BCUT2D eigenvalue weighted by molar-refractivity contribution is 7.86. The summed E-state index contributed by atoms with van der Waals surface area (Å²) in [4.78, 5) is 0. The smallest absolute Gasteiger partial charge is 0.253 e. The number of hydrogen-bond donors (Lipinski definition) is 0. The minimum Gasteiger partial charge on any atom is -0.253 e. The standard InChI is InChI=1S/C11H11F3O3S/c1-18(15,16)17-10(11(12,13)14)8-7-9-5-3-2-4-6-9/h2-8,10H,1H3/b8-7+. The maximum Gasteiger partial charge on any atom is 0.419 e. The van der Waals surface area contributed by atoms with Crippen LogP contribution < -0.4 is 0 Å². The Hall–Kier alpha value is -1.34. The van der Waals surface area contributed by atoms with Gasteiger partial charge >= 0.3 is 6.18 Å². The molecule has 0 spiro atoms. The first kappa shape index (κ1) is 14.7. The van der Waals surface area contributed by atoms with Gasteiger partial charge < -0.3 is 0 Å². The first-order chi connectivity index (χ1) is 8.18. The van der Waals surface area contributed by atoms with Crippen molar-refractivity contribution >= 4 is 16.2 Å². The summed E-state index contributed by atoms with van der Waals surface area (Å²) >= 11 is 0. The van der Waals surface area contributed by atoms with E-state index < -0.39 is 22.4 Å². The van der Waals surface area contributed by atoms with Crippen LogP contribution in [0.25, 0.3) is 6.08 Å². The Labute approximate surface area is 103 Å². The zero-order valence-corrected chi connectivity index (χ0v) is 10.2. The summed E-state index contributed by atoms with van der Waals surface area (Å²) in [5.41, 5.74) is 0.517. The molecule has 18 heavy (non-hydrogen) atoms. The van der Waals surface area contributed by atoms with Crippen molar-refractivity contribution in [3.63, 3.8) is 0 Å². The average Bonchev–Trinajstić information content (AvgIpc) is 2.22. The van der Waals surface area contributed by atoms with Crippen molar-refractivity contribution in [2.75, 3.05) is 6.26 Å². The largest absolute Gasteiger partial charge is 0.419 e. The first-order valence-corrected chi connectivity index (χ1v) is 6.68. The summed E-state index contributed by atoms with van der Waals surface area (Å²) in [7, 11) is -4.18. The molecule has 0 saturated carbocycles. The van der Waals surface area contributed by atoms with E-state index in [2.05, 4.69) is 4.18 Å². The highest BCUT2D eigenvalue weighted by atomic mass is 32.2. The molecular weight excluding hydrogens is 269 g/mol. The third kappa shape index (κ3) is 5.33. The van der Waals surface area contributed by atoms with Crippen LogP contribution in [0.4, 0.5) is 13.2 Å². The maximum atomic E-state index is 12.5. The molecule has 0 amide bonds. The van der Waals surface area contributed by atoms with E-state index in [0.29, 0.717) is 17.9 Å². The molecule has 1 atom stereocenters. The van der Waals surface area contributed by atoms with Gasteiger partial charge in [-0.15, -0.1) is 0 Å². The molecule has 0 aliphatic heterocycles. The molecular formula is C11H11F3O3S. The van der Waals surface area contributed by atoms with E-state index in [0.717, 1.165) is 6.08 Å². The van der Waals surface area contributed by atoms with Gasteiger partial charge in [-0.2, -0.15) is 21.6 Å². The lowest BCUT2D eigenvalue weighted by Crippen LogP contribution is -2.31. The van der Waals surface area contributed by atoms with E-state index in [1.54, 1.807) is 30.3 Å². The Kier molecular flexibility index (Phi) is 4.53. The van der Waals surface area contributed by atoms with Gasteiger partial charge in [0.15, 0.2) is 6.10 Å². The predicted octanol–water partition coefficient (Wildman–Crippen LogP) is 2.61. The van der Waals surface area contributed by atoms with Gasteiger partial charge in [0.25, 0.3) is 10.1 Å². The van der Waals surface area contributed by atoms with Gasteiger partial charge in [-0.3, -0.25) is 4.18 Å². The van der Waals surface area contributed by atoms with Crippen molar-refractivity contribution in [3.8, 4) is 0 Å². The van der Waals surface area contributed by atoms with E-state index >= 15 is 0 Å². The molecule has 0 radical (unpaired) electrons. The van der Waals surface area contributed by atoms with Crippen LogP contribution in [0, 0.1) is 0 Å². The molecule has 1 aromatic rings. The van der Waals surface area contributed by atoms with Crippen molar-refractivity contribution in [1.29, 1.82) is 0 Å². The van der Waals surface area contributed by atoms with Crippen molar-refractivity contribution in [1.82, 2.24) is 0 Å². The van der Waals surface area contributed by atoms with Crippen LogP contribution in [0.5, 0.6) is 0 Å². The third-order valence-electron chi connectivity index (χ3n) is 1.86. The van der Waals surface area contributed by atoms with Crippen LogP contribution in [0.2, 0.25) is 0 Å². The summed E-state index contributed by atoms with van der Waals surface area (Å²) in [6, 6.07) is 8.19. The SMILES string of the molecule is CS(=O)(=O)OC(/C=C/c1ccccc1)C(F)(F)F. The molecule has 0 aliphatic rings. The lowest BCUT2D eigenvalue weighted by molar-refractivity contribution is -0.178. The van der Waals surface area contributed by atoms with Gasteiger partial charge in [0, 0.05) is 0 Å². The summed E-state index contributed by atoms with van der Waals surface area (Å²) in [5, 5.41) is 0. The fourth-order valence-corrected chi connectivity index (χ4v) is 1.70. The van der Waals surface area contributed by atoms with E-state index in [-0.39, 0.29) is 0 Å². The van der Waals surface area contributed by atoms with Crippen LogP contribution in [0.3, 0.4) is 0 Å². The van der Waals surface area contributed by atoms with Crippen LogP contribution in [-0.2, 0) is 14.3 Å². The summed E-state index contributed by atoms with van der Waals surface area (Å²) < 4.78 is 63.0. The minimum absolute atomic E-state index is 0.517. The summed E-state index contributed by atoms with van der Waals surface area (Å²) in [5.74, 6) is 0. The number of benzene rings is 1. The second-order valence-electron chi connectivity index (χ2n) is 3.53. The zero-order chi connectivity index (χ0) is 13.8. The number of rotatable bonds is 4. The lowest BCUT2D eigenvalue weighted by Gasteiger charge is -2.15. The molecule has 0 aliphatic carbocycles. The molecule has 0 aromatic heterocycles. The van der Waals surface area contributed by atoms with Crippen molar-refractivity contribution < 1.29 is 25.8 Å². The fourth-order valence-electron chi connectivity index (χ4n) is 1.15. The summed E-state index contributed by atoms with van der Waals surface area (Å²) in [6.07, 6.45) is -4.87. The predicted molar refractivity (Wildman–Crippen MR) is 61.2 cm³/mol. The van der Waals surface area contributed by atoms with Gasteiger partial charge in [0.1, 0.15) is 0 Å². The monoisotopic (exact) mass is 280 g/mol. The number of halogens is 3. The number of alkyl halides is 3. The van der Waals surface area contributed by atoms with Gasteiger partial charge in [-0.1, -0.05) is 36.4 Å². The molecule has 100 valence electrons. The molecule has 0 bridgehead atoms. The Morgan fingerprint density at radius 2 is 1.78 bits per heavy atom. The normalized spacial score (nSPS) is 14.9. The Morgan fingerprint density at radius 1 is 1.22 bits per heavy atom. The van der Waals surface area contributed by atoms with E-state index in [1.807, 2.05) is 0 Å². The highest BCUT2D eigenvalue weighted by Gasteiger charge is 2.41. The quantitative estimate of drug-likeness (QED) is 0.796. The van der Waals surface area contributed by atoms with Crippen LogP contribution >= 0.6 is 0 Å². The van der Waals surface area contributed by atoms with E-state index in [9.17, 15) is 21.6 Å². The first-order valence-electron chi connectivity index (χ1n) is 4.87. The molecule has 0 fully saturated rings. The Balaban J connectivity index is 2.90. The Bertz CT molecular complexity index is 506. The third-order valence-corrected chi connectivity index (χ3v) is 2.42. The molecule has 0 saturated heterocycles. The number of hydrogen-bond acceptors (Lipinski definition) is 3. The summed E-state index contributed by atoms with van der Waals surface area (Å²) in [6.45, 7) is 0. The zero-order valence-electron chi connectivity index (χ0n) is 9.39. The van der Waals surface area contributed by atoms with Gasteiger partial charge in [0.2, 0.25) is 0 Å². The van der Waals surface area contributed by atoms with Crippen molar-refractivity contribution in [2.45, 2.75) is 12.3 Å². The maximum absolute atomic E-state index is 12.5. The van der Waals surface area contributed by atoms with Crippen molar-refractivity contribution in [2.24, 2.45) is 0 Å². The van der Waals surface area contributed by atoms with Crippen LogP contribution in [0.1, 0.15) is 5.56 Å².